The highest BCUT2D eigenvalue weighted by Crippen LogP contribution is 2.18. The summed E-state index contributed by atoms with van der Waals surface area (Å²) in [5, 5.41) is 8.73. The number of Topliss-reactive ketones (excluding diaryl/α,β-unsaturated/α-hetero) is 1. The molecule has 0 bridgehead atoms. The van der Waals surface area contributed by atoms with Crippen LogP contribution < -0.4 is 4.74 Å². The minimum Gasteiger partial charge on any atom is -0.485 e. The van der Waals surface area contributed by atoms with E-state index >= 15 is 0 Å². The Labute approximate surface area is 124 Å². The topological polar surface area (TPSA) is 50.1 Å². The fraction of sp³-hybridized carbons (Fsp3) is 0.222. The van der Waals surface area contributed by atoms with Gasteiger partial charge in [-0.2, -0.15) is 5.26 Å². The lowest BCUT2D eigenvalue weighted by molar-refractivity contribution is 0.0920. The van der Waals surface area contributed by atoms with Crippen LogP contribution in [0.2, 0.25) is 0 Å². The van der Waals surface area contributed by atoms with E-state index in [4.69, 9.17) is 10.00 Å². The Morgan fingerprint density at radius 2 is 1.67 bits per heavy atom. The molecule has 0 saturated heterocycles. The van der Waals surface area contributed by atoms with Crippen molar-refractivity contribution in [1.82, 2.24) is 0 Å². The van der Waals surface area contributed by atoms with Crippen LogP contribution in [0.5, 0.6) is 5.75 Å². The summed E-state index contributed by atoms with van der Waals surface area (Å²) in [6, 6.07) is 12.8. The van der Waals surface area contributed by atoms with Crippen molar-refractivity contribution in [1.29, 1.82) is 5.26 Å². The predicted molar refractivity (Wildman–Crippen MR) is 81.6 cm³/mol. The van der Waals surface area contributed by atoms with Crippen molar-refractivity contribution in [2.75, 3.05) is 6.61 Å². The fourth-order valence-electron chi connectivity index (χ4n) is 2.47. The molecule has 0 aliphatic rings. The first-order chi connectivity index (χ1) is 10.0. The number of rotatable bonds is 4. The zero-order valence-corrected chi connectivity index (χ0v) is 12.4. The Balaban J connectivity index is 2.10. The number of hydrogen-bond donors (Lipinski definition) is 0. The average Bonchev–Trinajstić information content (AvgIpc) is 2.44. The van der Waals surface area contributed by atoms with Crippen molar-refractivity contribution in [3.63, 3.8) is 0 Å². The number of ketones is 1. The molecule has 0 unspecified atom stereocenters. The van der Waals surface area contributed by atoms with E-state index in [0.717, 1.165) is 22.3 Å². The molecule has 0 radical (unpaired) electrons. The number of ether oxygens (including phenoxy) is 1. The lowest BCUT2D eigenvalue weighted by atomic mass is 9.97. The van der Waals surface area contributed by atoms with Crippen LogP contribution in [0.4, 0.5) is 0 Å². The molecule has 0 aromatic heterocycles. The third kappa shape index (κ3) is 3.49. The van der Waals surface area contributed by atoms with E-state index in [-0.39, 0.29) is 12.4 Å². The quantitative estimate of drug-likeness (QED) is 0.801. The van der Waals surface area contributed by atoms with Gasteiger partial charge in [-0.3, -0.25) is 4.79 Å². The minimum absolute atomic E-state index is 0.00333. The van der Waals surface area contributed by atoms with Gasteiger partial charge in [-0.05, 0) is 56.2 Å². The predicted octanol–water partition coefficient (Wildman–Crippen LogP) is 3.75. The zero-order chi connectivity index (χ0) is 15.4. The largest absolute Gasteiger partial charge is 0.485 e. The number of aryl methyl sites for hydroxylation is 3. The zero-order valence-electron chi connectivity index (χ0n) is 12.4. The molecule has 0 heterocycles. The molecule has 0 fully saturated rings. The van der Waals surface area contributed by atoms with Crippen LogP contribution in [0.15, 0.2) is 36.4 Å². The summed E-state index contributed by atoms with van der Waals surface area (Å²) in [5.41, 5.74) is 4.39. The monoisotopic (exact) mass is 279 g/mol. The Morgan fingerprint density at radius 1 is 1.10 bits per heavy atom. The second-order valence-electron chi connectivity index (χ2n) is 5.12. The van der Waals surface area contributed by atoms with E-state index in [2.05, 4.69) is 0 Å². The van der Waals surface area contributed by atoms with Crippen LogP contribution >= 0.6 is 0 Å². The van der Waals surface area contributed by atoms with Crippen molar-refractivity contribution in [3.05, 3.63) is 64.2 Å². The molecular weight excluding hydrogens is 262 g/mol. The minimum atomic E-state index is -0.0330. The van der Waals surface area contributed by atoms with Crippen LogP contribution in [0.3, 0.4) is 0 Å². The lowest BCUT2D eigenvalue weighted by Gasteiger charge is -2.11. The number of nitrogens with zero attached hydrogens (tertiary/aromatic N) is 1. The first-order valence-electron chi connectivity index (χ1n) is 6.75. The molecule has 106 valence electrons. The lowest BCUT2D eigenvalue weighted by Crippen LogP contribution is -2.14. The van der Waals surface area contributed by atoms with E-state index in [1.54, 1.807) is 24.3 Å². The van der Waals surface area contributed by atoms with Gasteiger partial charge in [0.15, 0.2) is 6.61 Å². The van der Waals surface area contributed by atoms with Crippen molar-refractivity contribution >= 4 is 5.78 Å². The van der Waals surface area contributed by atoms with Crippen molar-refractivity contribution in [3.8, 4) is 11.8 Å². The number of carbonyl (C=O) groups excluding carboxylic acids is 1. The molecule has 3 heteroatoms. The standard InChI is InChI=1S/C18H17NO2/c1-12-8-13(2)18(14(3)9-12)17(20)11-21-16-6-4-15(10-19)5-7-16/h4-9H,11H2,1-3H3. The van der Waals surface area contributed by atoms with E-state index < -0.39 is 0 Å². The van der Waals surface area contributed by atoms with Crippen LogP contribution in [0.1, 0.15) is 32.6 Å². The van der Waals surface area contributed by atoms with Gasteiger partial charge < -0.3 is 4.74 Å². The van der Waals surface area contributed by atoms with Gasteiger partial charge in [0.05, 0.1) is 11.6 Å². The molecule has 0 atom stereocenters. The molecule has 0 spiro atoms. The summed E-state index contributed by atoms with van der Waals surface area (Å²) in [5.74, 6) is 0.555. The summed E-state index contributed by atoms with van der Waals surface area (Å²) in [4.78, 5) is 12.3. The van der Waals surface area contributed by atoms with E-state index in [1.165, 1.54) is 0 Å². The maximum atomic E-state index is 12.3. The van der Waals surface area contributed by atoms with Gasteiger partial charge in [-0.1, -0.05) is 17.7 Å². The average molecular weight is 279 g/mol. The van der Waals surface area contributed by atoms with Gasteiger partial charge in [-0.15, -0.1) is 0 Å². The Morgan fingerprint density at radius 3 is 2.19 bits per heavy atom. The molecule has 0 aliphatic heterocycles. The summed E-state index contributed by atoms with van der Waals surface area (Å²) in [7, 11) is 0. The number of carbonyl (C=O) groups is 1. The maximum absolute atomic E-state index is 12.3. The highest BCUT2D eigenvalue weighted by molar-refractivity contribution is 6.00. The number of hydrogen-bond acceptors (Lipinski definition) is 3. The number of benzene rings is 2. The molecule has 2 rings (SSSR count). The van der Waals surface area contributed by atoms with E-state index in [9.17, 15) is 4.79 Å². The van der Waals surface area contributed by atoms with Gasteiger partial charge in [0.2, 0.25) is 5.78 Å². The van der Waals surface area contributed by atoms with Crippen molar-refractivity contribution in [2.24, 2.45) is 0 Å². The molecule has 3 nitrogen and oxygen atoms in total. The summed E-state index contributed by atoms with van der Waals surface area (Å²) in [6.07, 6.45) is 0. The van der Waals surface area contributed by atoms with Crippen LogP contribution in [-0.2, 0) is 0 Å². The second-order valence-corrected chi connectivity index (χ2v) is 5.12. The first-order valence-corrected chi connectivity index (χ1v) is 6.75. The Kier molecular flexibility index (Phi) is 4.39. The van der Waals surface area contributed by atoms with E-state index in [1.807, 2.05) is 39.0 Å². The second kappa shape index (κ2) is 6.23. The normalized spacial score (nSPS) is 10.0. The molecule has 0 N–H and O–H groups in total. The first kappa shape index (κ1) is 14.8. The summed E-state index contributed by atoms with van der Waals surface area (Å²) in [6.45, 7) is 5.89. The van der Waals surface area contributed by atoms with E-state index in [0.29, 0.717) is 11.3 Å². The fourth-order valence-corrected chi connectivity index (χ4v) is 2.47. The van der Waals surface area contributed by atoms with Crippen LogP contribution in [-0.4, -0.2) is 12.4 Å². The molecule has 0 aliphatic carbocycles. The van der Waals surface area contributed by atoms with Crippen molar-refractivity contribution in [2.45, 2.75) is 20.8 Å². The van der Waals surface area contributed by atoms with Gasteiger partial charge in [0.1, 0.15) is 5.75 Å². The third-order valence-corrected chi connectivity index (χ3v) is 3.31. The molecular formula is C18H17NO2. The van der Waals surface area contributed by atoms with Gasteiger partial charge >= 0.3 is 0 Å². The Bertz CT molecular complexity index is 686. The third-order valence-electron chi connectivity index (χ3n) is 3.31. The van der Waals surface area contributed by atoms with Gasteiger partial charge in [0.25, 0.3) is 0 Å². The molecule has 0 amide bonds. The molecule has 2 aromatic rings. The van der Waals surface area contributed by atoms with Gasteiger partial charge in [0, 0.05) is 5.56 Å². The maximum Gasteiger partial charge on any atom is 0.200 e. The highest BCUT2D eigenvalue weighted by Gasteiger charge is 2.13. The Hall–Kier alpha value is -2.60. The smallest absolute Gasteiger partial charge is 0.200 e. The van der Waals surface area contributed by atoms with Crippen LogP contribution in [0.25, 0.3) is 0 Å². The van der Waals surface area contributed by atoms with Crippen molar-refractivity contribution < 1.29 is 9.53 Å². The van der Waals surface area contributed by atoms with Crippen LogP contribution in [0, 0.1) is 32.1 Å². The SMILES string of the molecule is Cc1cc(C)c(C(=O)COc2ccc(C#N)cc2)c(C)c1. The summed E-state index contributed by atoms with van der Waals surface area (Å²) < 4.78 is 5.50. The highest BCUT2D eigenvalue weighted by atomic mass is 16.5. The molecule has 0 saturated carbocycles. The van der Waals surface area contributed by atoms with Gasteiger partial charge in [-0.25, -0.2) is 0 Å². The number of nitriles is 1. The molecule has 21 heavy (non-hydrogen) atoms. The summed E-state index contributed by atoms with van der Waals surface area (Å²) >= 11 is 0. The molecule has 2 aromatic carbocycles.